The van der Waals surface area contributed by atoms with E-state index in [1.165, 1.54) is 17.7 Å². The highest BCUT2D eigenvalue weighted by atomic mass is 19.4. The van der Waals surface area contributed by atoms with Crippen LogP contribution >= 0.6 is 0 Å². The number of nitrogen functional groups attached to an aromatic ring is 1. The molecule has 0 aliphatic heterocycles. The Morgan fingerprint density at radius 1 is 1.12 bits per heavy atom. The van der Waals surface area contributed by atoms with Crippen molar-refractivity contribution in [1.29, 1.82) is 0 Å². The standard InChI is InChI=1S/C29H30F3N7O/c1-16-13-19(9-12-23(16)38-28(40)37-22-6-4-5-20(14-22)29(30,31)32)25-26-27(33)35-15-24(39(26)17(2)36-25)18-7-10-21(34-3)11-8-18/h4-7,9,12-15,21,34H,8,10-11H2,1-3H3,(H2,33,35)(H2,37,38,40). The van der Waals surface area contributed by atoms with Gasteiger partial charge in [-0.1, -0.05) is 18.2 Å². The summed E-state index contributed by atoms with van der Waals surface area (Å²) >= 11 is 0. The molecule has 208 valence electrons. The van der Waals surface area contributed by atoms with Gasteiger partial charge in [-0.3, -0.25) is 4.40 Å². The minimum absolute atomic E-state index is 0.0369. The Labute approximate surface area is 229 Å². The van der Waals surface area contributed by atoms with Crippen LogP contribution in [0.5, 0.6) is 0 Å². The Bertz CT molecular complexity index is 1620. The van der Waals surface area contributed by atoms with E-state index in [9.17, 15) is 18.0 Å². The highest BCUT2D eigenvalue weighted by molar-refractivity contribution is 6.00. The molecule has 5 N–H and O–H groups in total. The first-order valence-corrected chi connectivity index (χ1v) is 12.9. The molecule has 0 bridgehead atoms. The zero-order chi connectivity index (χ0) is 28.6. The Morgan fingerprint density at radius 2 is 1.93 bits per heavy atom. The SMILES string of the molecule is CNC1CC=C(c2cnc(N)c3c(-c4ccc(NC(=O)Nc5cccc(C(F)(F)F)c5)c(C)c4)nc(C)n23)CC1. The number of carbonyl (C=O) groups is 1. The van der Waals surface area contributed by atoms with Gasteiger partial charge in [0.05, 0.1) is 17.5 Å². The summed E-state index contributed by atoms with van der Waals surface area (Å²) in [5.74, 6) is 1.15. The number of aryl methyl sites for hydroxylation is 2. The third-order valence-electron chi connectivity index (χ3n) is 7.20. The fourth-order valence-corrected chi connectivity index (χ4v) is 5.08. The zero-order valence-corrected chi connectivity index (χ0v) is 22.4. The van der Waals surface area contributed by atoms with E-state index >= 15 is 0 Å². The molecular formula is C29H30F3N7O. The Hall–Kier alpha value is -4.38. The zero-order valence-electron chi connectivity index (χ0n) is 22.4. The average molecular weight is 550 g/mol. The molecule has 2 heterocycles. The number of urea groups is 1. The van der Waals surface area contributed by atoms with Crippen LogP contribution in [0.25, 0.3) is 22.3 Å². The van der Waals surface area contributed by atoms with E-state index in [1.807, 2.05) is 37.4 Å². The van der Waals surface area contributed by atoms with Crippen molar-refractivity contribution in [3.8, 4) is 11.3 Å². The molecule has 0 fully saturated rings. The van der Waals surface area contributed by atoms with Crippen LogP contribution in [0.4, 0.5) is 35.2 Å². The van der Waals surface area contributed by atoms with E-state index in [4.69, 9.17) is 10.7 Å². The third-order valence-corrected chi connectivity index (χ3v) is 7.20. The average Bonchev–Trinajstić information content (AvgIpc) is 3.28. The van der Waals surface area contributed by atoms with Crippen molar-refractivity contribution in [2.45, 2.75) is 45.3 Å². The number of anilines is 3. The van der Waals surface area contributed by atoms with Gasteiger partial charge in [0.2, 0.25) is 0 Å². The van der Waals surface area contributed by atoms with Gasteiger partial charge in [0.25, 0.3) is 0 Å². The predicted octanol–water partition coefficient (Wildman–Crippen LogP) is 6.41. The van der Waals surface area contributed by atoms with Crippen LogP contribution in [0, 0.1) is 13.8 Å². The normalized spacial score (nSPS) is 15.7. The van der Waals surface area contributed by atoms with Gasteiger partial charge in [0.1, 0.15) is 22.9 Å². The summed E-state index contributed by atoms with van der Waals surface area (Å²) in [5, 5.41) is 8.49. The Kier molecular flexibility index (Phi) is 7.24. The Balaban J connectivity index is 1.41. The molecule has 0 radical (unpaired) electrons. The second-order valence-electron chi connectivity index (χ2n) is 9.90. The fraction of sp³-hybridized carbons (Fsp3) is 0.276. The number of carbonyl (C=O) groups excluding carboxylic acids is 1. The van der Waals surface area contributed by atoms with Gasteiger partial charge in [-0.15, -0.1) is 0 Å². The number of imidazole rings is 1. The molecule has 2 amide bonds. The topological polar surface area (TPSA) is 109 Å². The number of hydrogen-bond donors (Lipinski definition) is 4. The number of amides is 2. The summed E-state index contributed by atoms with van der Waals surface area (Å²) in [6, 6.07) is 9.70. The van der Waals surface area contributed by atoms with Crippen molar-refractivity contribution in [1.82, 2.24) is 19.7 Å². The number of allylic oxidation sites excluding steroid dienone is 1. The van der Waals surface area contributed by atoms with Gasteiger partial charge in [-0.2, -0.15) is 13.2 Å². The summed E-state index contributed by atoms with van der Waals surface area (Å²) in [5.41, 5.74) is 11.2. The quantitative estimate of drug-likeness (QED) is 0.230. The lowest BCUT2D eigenvalue weighted by atomic mass is 9.93. The highest BCUT2D eigenvalue weighted by Crippen LogP contribution is 2.35. The number of hydrogen-bond acceptors (Lipinski definition) is 5. The van der Waals surface area contributed by atoms with Gasteiger partial charge >= 0.3 is 12.2 Å². The first kappa shape index (κ1) is 27.2. The maximum absolute atomic E-state index is 13.0. The van der Waals surface area contributed by atoms with Gasteiger partial charge in [-0.25, -0.2) is 14.8 Å². The van der Waals surface area contributed by atoms with Gasteiger partial charge in [-0.05, 0) is 81.6 Å². The third kappa shape index (κ3) is 5.37. The molecule has 0 saturated heterocycles. The van der Waals surface area contributed by atoms with Crippen LogP contribution in [0.3, 0.4) is 0 Å². The number of benzene rings is 2. The summed E-state index contributed by atoms with van der Waals surface area (Å²) < 4.78 is 41.0. The summed E-state index contributed by atoms with van der Waals surface area (Å²) in [6.45, 7) is 3.76. The van der Waals surface area contributed by atoms with Gasteiger partial charge < -0.3 is 21.7 Å². The molecule has 2 aromatic carbocycles. The van der Waals surface area contributed by atoms with Crippen LogP contribution in [-0.4, -0.2) is 33.5 Å². The summed E-state index contributed by atoms with van der Waals surface area (Å²) in [7, 11) is 1.98. The van der Waals surface area contributed by atoms with E-state index in [1.54, 1.807) is 12.3 Å². The molecule has 8 nitrogen and oxygen atoms in total. The van der Waals surface area contributed by atoms with E-state index in [0.717, 1.165) is 54.0 Å². The summed E-state index contributed by atoms with van der Waals surface area (Å²) in [4.78, 5) is 21.9. The van der Waals surface area contributed by atoms with E-state index in [2.05, 4.69) is 27.0 Å². The van der Waals surface area contributed by atoms with Gasteiger partial charge in [0.15, 0.2) is 0 Å². The van der Waals surface area contributed by atoms with Crippen molar-refractivity contribution in [3.63, 3.8) is 0 Å². The lowest BCUT2D eigenvalue weighted by Gasteiger charge is -2.22. The monoisotopic (exact) mass is 549 g/mol. The molecule has 2 aromatic heterocycles. The number of nitrogens with two attached hydrogens (primary N) is 1. The smallest absolute Gasteiger partial charge is 0.382 e. The number of alkyl halides is 3. The lowest BCUT2D eigenvalue weighted by molar-refractivity contribution is -0.137. The van der Waals surface area contributed by atoms with Crippen molar-refractivity contribution in [2.75, 3.05) is 23.4 Å². The molecule has 0 saturated carbocycles. The van der Waals surface area contributed by atoms with Crippen LogP contribution in [-0.2, 0) is 6.18 Å². The minimum Gasteiger partial charge on any atom is -0.382 e. The molecule has 11 heteroatoms. The number of fused-ring (bicyclic) bond motifs is 1. The minimum atomic E-state index is -4.50. The number of nitrogens with zero attached hydrogens (tertiary/aromatic N) is 3. The molecule has 1 unspecified atom stereocenters. The number of rotatable bonds is 5. The molecule has 1 atom stereocenters. The maximum atomic E-state index is 13.0. The molecular weight excluding hydrogens is 519 g/mol. The van der Waals surface area contributed by atoms with Crippen molar-refractivity contribution < 1.29 is 18.0 Å². The molecule has 40 heavy (non-hydrogen) atoms. The predicted molar refractivity (Wildman–Crippen MR) is 151 cm³/mol. The first-order chi connectivity index (χ1) is 19.0. The van der Waals surface area contributed by atoms with E-state index in [-0.39, 0.29) is 5.69 Å². The van der Waals surface area contributed by atoms with Crippen molar-refractivity contribution in [3.05, 3.63) is 77.4 Å². The lowest BCUT2D eigenvalue weighted by Crippen LogP contribution is -2.26. The Morgan fingerprint density at radius 3 is 2.60 bits per heavy atom. The molecule has 1 aliphatic carbocycles. The molecule has 5 rings (SSSR count). The molecule has 0 spiro atoms. The fourth-order valence-electron chi connectivity index (χ4n) is 5.08. The van der Waals surface area contributed by atoms with Crippen LogP contribution in [0.2, 0.25) is 0 Å². The maximum Gasteiger partial charge on any atom is 0.416 e. The van der Waals surface area contributed by atoms with Crippen LogP contribution in [0.1, 0.15) is 41.9 Å². The van der Waals surface area contributed by atoms with E-state index in [0.29, 0.717) is 28.8 Å². The number of nitrogens with one attached hydrogen (secondary N) is 3. The number of aromatic nitrogens is 3. The van der Waals surface area contributed by atoms with Crippen molar-refractivity contribution >= 4 is 34.3 Å². The van der Waals surface area contributed by atoms with Crippen LogP contribution < -0.4 is 21.7 Å². The molecule has 4 aromatic rings. The second-order valence-corrected chi connectivity index (χ2v) is 9.90. The number of halogens is 3. The van der Waals surface area contributed by atoms with Gasteiger partial charge in [0, 0.05) is 23.0 Å². The molecule has 1 aliphatic rings. The largest absolute Gasteiger partial charge is 0.416 e. The highest BCUT2D eigenvalue weighted by Gasteiger charge is 2.30. The second kappa shape index (κ2) is 10.6. The van der Waals surface area contributed by atoms with E-state index < -0.39 is 17.8 Å². The first-order valence-electron chi connectivity index (χ1n) is 12.9. The van der Waals surface area contributed by atoms with Crippen LogP contribution in [0.15, 0.2) is 54.7 Å². The van der Waals surface area contributed by atoms with Crippen molar-refractivity contribution in [2.24, 2.45) is 0 Å². The summed E-state index contributed by atoms with van der Waals surface area (Å²) in [6.07, 6.45) is 2.43.